The molecule has 0 spiro atoms. The number of amides is 1. The number of rotatable bonds is 6. The van der Waals surface area contributed by atoms with Crippen LogP contribution in [0, 0.1) is 0 Å². The van der Waals surface area contributed by atoms with E-state index in [-0.39, 0.29) is 23.5 Å². The largest absolute Gasteiger partial charge is 0.350 e. The van der Waals surface area contributed by atoms with Gasteiger partial charge in [-0.2, -0.15) is 0 Å². The molecular formula is C14H24N2OS. The summed E-state index contributed by atoms with van der Waals surface area (Å²) < 4.78 is 0. The quantitative estimate of drug-likeness (QED) is 0.832. The van der Waals surface area contributed by atoms with Crippen LogP contribution in [-0.4, -0.2) is 17.5 Å². The lowest BCUT2D eigenvalue weighted by atomic mass is 10.0. The molecule has 0 aliphatic rings. The molecule has 102 valence electrons. The summed E-state index contributed by atoms with van der Waals surface area (Å²) in [7, 11) is 0. The molecular weight excluding hydrogens is 244 g/mol. The molecule has 0 saturated carbocycles. The van der Waals surface area contributed by atoms with Crippen LogP contribution < -0.4 is 10.6 Å². The van der Waals surface area contributed by atoms with Gasteiger partial charge in [0.2, 0.25) is 5.91 Å². The Bertz CT molecular complexity index is 373. The smallest absolute Gasteiger partial charge is 0.237 e. The molecule has 0 radical (unpaired) electrons. The van der Waals surface area contributed by atoms with Gasteiger partial charge >= 0.3 is 0 Å². The minimum absolute atomic E-state index is 0.0604. The van der Waals surface area contributed by atoms with Gasteiger partial charge < -0.3 is 5.32 Å². The Morgan fingerprint density at radius 1 is 1.44 bits per heavy atom. The highest BCUT2D eigenvalue weighted by Gasteiger charge is 2.22. The van der Waals surface area contributed by atoms with Crippen molar-refractivity contribution in [2.24, 2.45) is 0 Å². The first-order valence-electron chi connectivity index (χ1n) is 6.47. The van der Waals surface area contributed by atoms with Gasteiger partial charge in [-0.1, -0.05) is 13.0 Å². The van der Waals surface area contributed by atoms with Crippen LogP contribution in [0.1, 0.15) is 52.0 Å². The van der Waals surface area contributed by atoms with Crippen LogP contribution in [0.3, 0.4) is 0 Å². The third kappa shape index (κ3) is 4.42. The average Bonchev–Trinajstić information content (AvgIpc) is 2.81. The van der Waals surface area contributed by atoms with Gasteiger partial charge in [-0.15, -0.1) is 11.3 Å². The molecule has 1 unspecified atom stereocenters. The van der Waals surface area contributed by atoms with E-state index in [1.165, 1.54) is 4.88 Å². The zero-order valence-electron chi connectivity index (χ0n) is 11.9. The third-order valence-electron chi connectivity index (χ3n) is 3.21. The second-order valence-electron chi connectivity index (χ2n) is 5.35. The Morgan fingerprint density at radius 2 is 2.11 bits per heavy atom. The van der Waals surface area contributed by atoms with Gasteiger partial charge in [0, 0.05) is 16.5 Å². The molecule has 1 aromatic rings. The molecule has 3 nitrogen and oxygen atoms in total. The van der Waals surface area contributed by atoms with Crippen molar-refractivity contribution < 1.29 is 4.79 Å². The summed E-state index contributed by atoms with van der Waals surface area (Å²) in [5.41, 5.74) is -0.140. The van der Waals surface area contributed by atoms with E-state index in [9.17, 15) is 4.79 Å². The zero-order chi connectivity index (χ0) is 13.8. The summed E-state index contributed by atoms with van der Waals surface area (Å²) in [5.74, 6) is 0.0604. The van der Waals surface area contributed by atoms with Crippen LogP contribution in [-0.2, 0) is 4.79 Å². The highest BCUT2D eigenvalue weighted by Crippen LogP contribution is 2.18. The first-order chi connectivity index (χ1) is 8.35. The summed E-state index contributed by atoms with van der Waals surface area (Å²) in [4.78, 5) is 13.3. The Balaban J connectivity index is 2.50. The number of nitrogens with one attached hydrogen (secondary N) is 2. The van der Waals surface area contributed by atoms with Crippen LogP contribution in [0.5, 0.6) is 0 Å². The minimum atomic E-state index is -0.187. The second kappa shape index (κ2) is 6.34. The van der Waals surface area contributed by atoms with Crippen molar-refractivity contribution in [3.63, 3.8) is 0 Å². The number of hydrogen-bond donors (Lipinski definition) is 2. The van der Waals surface area contributed by atoms with Crippen molar-refractivity contribution in [1.82, 2.24) is 10.6 Å². The van der Waals surface area contributed by atoms with E-state index in [4.69, 9.17) is 0 Å². The van der Waals surface area contributed by atoms with Gasteiger partial charge in [0.15, 0.2) is 0 Å². The molecule has 18 heavy (non-hydrogen) atoms. The van der Waals surface area contributed by atoms with Crippen molar-refractivity contribution in [2.75, 3.05) is 0 Å². The van der Waals surface area contributed by atoms with Crippen LogP contribution in [0.15, 0.2) is 17.5 Å². The average molecular weight is 268 g/mol. The summed E-state index contributed by atoms with van der Waals surface area (Å²) in [6.07, 6.45) is 0.923. The van der Waals surface area contributed by atoms with E-state index in [1.54, 1.807) is 11.3 Å². The lowest BCUT2D eigenvalue weighted by Crippen LogP contribution is -2.51. The standard InChI is InChI=1S/C14H24N2OS/c1-6-14(4,5)16-13(17)11(3)15-10(2)12-8-7-9-18-12/h7-11,15H,6H2,1-5H3,(H,16,17)/t10-,11?/m1/s1. The predicted molar refractivity (Wildman–Crippen MR) is 77.8 cm³/mol. The van der Waals surface area contributed by atoms with Crippen LogP contribution in [0.2, 0.25) is 0 Å². The van der Waals surface area contributed by atoms with Gasteiger partial charge in [-0.05, 0) is 45.6 Å². The molecule has 2 atom stereocenters. The molecule has 1 amide bonds. The molecule has 1 rings (SSSR count). The van der Waals surface area contributed by atoms with Crippen LogP contribution in [0.4, 0.5) is 0 Å². The Kier molecular flexibility index (Phi) is 5.35. The molecule has 0 saturated heterocycles. The molecule has 4 heteroatoms. The SMILES string of the molecule is CCC(C)(C)NC(=O)C(C)N[C@H](C)c1cccs1. The van der Waals surface area contributed by atoms with Gasteiger partial charge in [0.1, 0.15) is 0 Å². The zero-order valence-corrected chi connectivity index (χ0v) is 12.7. The van der Waals surface area contributed by atoms with Crippen LogP contribution in [0.25, 0.3) is 0 Å². The normalized spacial score (nSPS) is 15.2. The highest BCUT2D eigenvalue weighted by atomic mass is 32.1. The fourth-order valence-corrected chi connectivity index (χ4v) is 2.34. The van der Waals surface area contributed by atoms with E-state index in [0.717, 1.165) is 6.42 Å². The van der Waals surface area contributed by atoms with Crippen LogP contribution >= 0.6 is 11.3 Å². The van der Waals surface area contributed by atoms with Gasteiger partial charge in [-0.25, -0.2) is 0 Å². The van der Waals surface area contributed by atoms with Gasteiger partial charge in [0.05, 0.1) is 6.04 Å². The third-order valence-corrected chi connectivity index (χ3v) is 4.26. The van der Waals surface area contributed by atoms with E-state index in [1.807, 2.05) is 26.8 Å². The number of carbonyl (C=O) groups excluding carboxylic acids is 1. The number of carbonyl (C=O) groups is 1. The lowest BCUT2D eigenvalue weighted by Gasteiger charge is -2.27. The van der Waals surface area contributed by atoms with E-state index >= 15 is 0 Å². The Hall–Kier alpha value is -0.870. The first kappa shape index (κ1) is 15.2. The predicted octanol–water partition coefficient (Wildman–Crippen LogP) is 3.09. The molecule has 1 aromatic heterocycles. The summed E-state index contributed by atoms with van der Waals surface area (Å²) >= 11 is 1.71. The Labute approximate surface area is 114 Å². The van der Waals surface area contributed by atoms with Crippen molar-refractivity contribution in [2.45, 2.75) is 58.7 Å². The lowest BCUT2D eigenvalue weighted by molar-refractivity contribution is -0.124. The molecule has 2 N–H and O–H groups in total. The van der Waals surface area contributed by atoms with E-state index in [0.29, 0.717) is 0 Å². The Morgan fingerprint density at radius 3 is 2.61 bits per heavy atom. The second-order valence-corrected chi connectivity index (χ2v) is 6.33. The summed E-state index contributed by atoms with van der Waals surface area (Å²) in [5, 5.41) is 8.44. The van der Waals surface area contributed by atoms with Crippen molar-refractivity contribution in [3.05, 3.63) is 22.4 Å². The topological polar surface area (TPSA) is 41.1 Å². The van der Waals surface area contributed by atoms with Crippen molar-refractivity contribution in [3.8, 4) is 0 Å². The minimum Gasteiger partial charge on any atom is -0.350 e. The maximum Gasteiger partial charge on any atom is 0.237 e. The van der Waals surface area contributed by atoms with Crippen molar-refractivity contribution >= 4 is 17.2 Å². The van der Waals surface area contributed by atoms with E-state index < -0.39 is 0 Å². The summed E-state index contributed by atoms with van der Waals surface area (Å²) in [6.45, 7) is 10.2. The number of thiophene rings is 1. The fourth-order valence-electron chi connectivity index (χ4n) is 1.60. The summed E-state index contributed by atoms with van der Waals surface area (Å²) in [6, 6.07) is 4.13. The first-order valence-corrected chi connectivity index (χ1v) is 7.35. The molecule has 0 aromatic carbocycles. The van der Waals surface area contributed by atoms with Gasteiger partial charge in [0.25, 0.3) is 0 Å². The monoisotopic (exact) mass is 268 g/mol. The molecule has 0 aliphatic heterocycles. The maximum absolute atomic E-state index is 12.1. The maximum atomic E-state index is 12.1. The van der Waals surface area contributed by atoms with Crippen molar-refractivity contribution in [1.29, 1.82) is 0 Å². The molecule has 0 aliphatic carbocycles. The molecule has 1 heterocycles. The highest BCUT2D eigenvalue weighted by molar-refractivity contribution is 7.10. The number of hydrogen-bond acceptors (Lipinski definition) is 3. The van der Waals surface area contributed by atoms with Gasteiger partial charge in [-0.3, -0.25) is 10.1 Å². The molecule has 0 bridgehead atoms. The molecule has 0 fully saturated rings. The fraction of sp³-hybridized carbons (Fsp3) is 0.643. The van der Waals surface area contributed by atoms with E-state index in [2.05, 4.69) is 35.9 Å².